The van der Waals surface area contributed by atoms with Crippen molar-refractivity contribution in [2.45, 2.75) is 51.6 Å². The molecule has 19 heavy (non-hydrogen) atoms. The van der Waals surface area contributed by atoms with E-state index < -0.39 is 0 Å². The number of nitrogens with one attached hydrogen (secondary N) is 1. The Morgan fingerprint density at radius 1 is 1.26 bits per heavy atom. The quantitative estimate of drug-likeness (QED) is 0.758. The predicted molar refractivity (Wildman–Crippen MR) is 83.3 cm³/mol. The molecule has 0 aromatic heterocycles. The number of rotatable bonds is 7. The predicted octanol–water partition coefficient (Wildman–Crippen LogP) is 4.19. The molecule has 0 saturated carbocycles. The molecular formula is C16H24N2S. The highest BCUT2D eigenvalue weighted by Crippen LogP contribution is 2.25. The van der Waals surface area contributed by atoms with Gasteiger partial charge >= 0.3 is 0 Å². The second-order valence-corrected chi connectivity index (χ2v) is 6.65. The lowest BCUT2D eigenvalue weighted by atomic mass is 10.1. The highest BCUT2D eigenvalue weighted by Gasteiger charge is 2.05. The molecule has 0 aliphatic heterocycles. The van der Waals surface area contributed by atoms with Crippen molar-refractivity contribution in [2.24, 2.45) is 5.92 Å². The third kappa shape index (κ3) is 6.13. The van der Waals surface area contributed by atoms with Gasteiger partial charge in [0.05, 0.1) is 5.56 Å². The summed E-state index contributed by atoms with van der Waals surface area (Å²) in [6.07, 6.45) is 1.19. The van der Waals surface area contributed by atoms with Gasteiger partial charge in [0.15, 0.2) is 0 Å². The third-order valence-corrected chi connectivity index (χ3v) is 3.94. The van der Waals surface area contributed by atoms with Crippen LogP contribution in [-0.4, -0.2) is 11.8 Å². The van der Waals surface area contributed by atoms with E-state index in [1.165, 1.54) is 12.0 Å². The molecule has 0 atom stereocenters. The van der Waals surface area contributed by atoms with Crippen LogP contribution < -0.4 is 5.32 Å². The summed E-state index contributed by atoms with van der Waals surface area (Å²) in [7, 11) is 0. The lowest BCUT2D eigenvalue weighted by Crippen LogP contribution is -2.21. The van der Waals surface area contributed by atoms with Gasteiger partial charge in [-0.15, -0.1) is 11.8 Å². The van der Waals surface area contributed by atoms with Crippen LogP contribution >= 0.6 is 11.8 Å². The molecule has 0 aliphatic carbocycles. The topological polar surface area (TPSA) is 35.8 Å². The number of benzene rings is 1. The largest absolute Gasteiger partial charge is 0.310 e. The molecule has 2 nitrogen and oxygen atoms in total. The summed E-state index contributed by atoms with van der Waals surface area (Å²) < 4.78 is 0. The maximum Gasteiger partial charge on any atom is 0.100 e. The van der Waals surface area contributed by atoms with Crippen LogP contribution in [0.4, 0.5) is 0 Å². The number of hydrogen-bond acceptors (Lipinski definition) is 3. The first-order valence-corrected chi connectivity index (χ1v) is 7.90. The van der Waals surface area contributed by atoms with Gasteiger partial charge in [0, 0.05) is 17.5 Å². The molecule has 1 rings (SSSR count). The Labute approximate surface area is 121 Å². The molecule has 0 fully saturated rings. The molecule has 3 heteroatoms. The molecule has 0 unspecified atom stereocenters. The summed E-state index contributed by atoms with van der Waals surface area (Å²) in [5, 5.41) is 12.6. The van der Waals surface area contributed by atoms with Crippen molar-refractivity contribution >= 4 is 11.8 Å². The monoisotopic (exact) mass is 276 g/mol. The van der Waals surface area contributed by atoms with E-state index in [0.29, 0.717) is 12.0 Å². The fourth-order valence-electron chi connectivity index (χ4n) is 1.63. The minimum absolute atomic E-state index is 0.464. The van der Waals surface area contributed by atoms with Crippen molar-refractivity contribution in [3.8, 4) is 6.07 Å². The first kappa shape index (κ1) is 16.1. The standard InChI is InChI=1S/C16H24N2S/c1-12(2)7-8-19-16-6-5-14(9-15(16)10-17)11-18-13(3)4/h5-6,9,12-13,18H,7-8,11H2,1-4H3. The summed E-state index contributed by atoms with van der Waals surface area (Å²) in [4.78, 5) is 1.11. The fourth-order valence-corrected chi connectivity index (χ4v) is 2.86. The van der Waals surface area contributed by atoms with E-state index in [4.69, 9.17) is 0 Å². The van der Waals surface area contributed by atoms with Crippen LogP contribution in [0.15, 0.2) is 23.1 Å². The molecule has 1 N–H and O–H groups in total. The first-order valence-electron chi connectivity index (χ1n) is 6.92. The Morgan fingerprint density at radius 3 is 2.58 bits per heavy atom. The zero-order valence-electron chi connectivity index (χ0n) is 12.4. The maximum absolute atomic E-state index is 9.25. The molecule has 1 aromatic rings. The molecule has 0 saturated heterocycles. The molecule has 0 spiro atoms. The van der Waals surface area contributed by atoms with Gasteiger partial charge in [0.25, 0.3) is 0 Å². The zero-order valence-corrected chi connectivity index (χ0v) is 13.2. The van der Waals surface area contributed by atoms with E-state index in [1.807, 2.05) is 6.07 Å². The Balaban J connectivity index is 2.65. The normalized spacial score (nSPS) is 11.0. The number of nitrogens with zero attached hydrogens (tertiary/aromatic N) is 1. The second-order valence-electron chi connectivity index (χ2n) is 5.51. The Hall–Kier alpha value is -0.980. The molecule has 0 aliphatic rings. The smallest absolute Gasteiger partial charge is 0.100 e. The maximum atomic E-state index is 9.25. The van der Waals surface area contributed by atoms with Crippen LogP contribution in [0.2, 0.25) is 0 Å². The minimum Gasteiger partial charge on any atom is -0.310 e. The number of nitriles is 1. The molecule has 104 valence electrons. The first-order chi connectivity index (χ1) is 9.02. The van der Waals surface area contributed by atoms with E-state index in [-0.39, 0.29) is 0 Å². The SMILES string of the molecule is CC(C)CCSc1ccc(CNC(C)C)cc1C#N. The number of hydrogen-bond donors (Lipinski definition) is 1. The van der Waals surface area contributed by atoms with Gasteiger partial charge in [0.1, 0.15) is 6.07 Å². The van der Waals surface area contributed by atoms with Crippen LogP contribution in [0.5, 0.6) is 0 Å². The molecular weight excluding hydrogens is 252 g/mol. The lowest BCUT2D eigenvalue weighted by molar-refractivity contribution is 0.588. The third-order valence-electron chi connectivity index (χ3n) is 2.83. The van der Waals surface area contributed by atoms with Gasteiger partial charge in [-0.2, -0.15) is 5.26 Å². The molecule has 0 bridgehead atoms. The molecule has 0 heterocycles. The van der Waals surface area contributed by atoms with E-state index in [1.54, 1.807) is 11.8 Å². The van der Waals surface area contributed by atoms with Crippen LogP contribution in [0, 0.1) is 17.2 Å². The Morgan fingerprint density at radius 2 is 2.00 bits per heavy atom. The summed E-state index contributed by atoms with van der Waals surface area (Å²) in [6.45, 7) is 9.53. The van der Waals surface area contributed by atoms with E-state index in [9.17, 15) is 5.26 Å². The minimum atomic E-state index is 0.464. The van der Waals surface area contributed by atoms with Crippen molar-refractivity contribution in [3.63, 3.8) is 0 Å². The molecule has 0 radical (unpaired) electrons. The van der Waals surface area contributed by atoms with E-state index >= 15 is 0 Å². The van der Waals surface area contributed by atoms with Gasteiger partial charge < -0.3 is 5.32 Å². The van der Waals surface area contributed by atoms with Crippen molar-refractivity contribution in [3.05, 3.63) is 29.3 Å². The molecule has 0 amide bonds. The van der Waals surface area contributed by atoms with Crippen molar-refractivity contribution < 1.29 is 0 Å². The van der Waals surface area contributed by atoms with Crippen molar-refractivity contribution in [1.82, 2.24) is 5.32 Å². The zero-order chi connectivity index (χ0) is 14.3. The average molecular weight is 276 g/mol. The number of thioether (sulfide) groups is 1. The van der Waals surface area contributed by atoms with Gasteiger partial charge in [-0.25, -0.2) is 0 Å². The summed E-state index contributed by atoms with van der Waals surface area (Å²) >= 11 is 1.79. The Kier molecular flexibility index (Phi) is 6.97. The van der Waals surface area contributed by atoms with Crippen LogP contribution in [0.25, 0.3) is 0 Å². The van der Waals surface area contributed by atoms with E-state index in [0.717, 1.165) is 22.8 Å². The Bertz CT molecular complexity index is 433. The summed E-state index contributed by atoms with van der Waals surface area (Å²) in [5.74, 6) is 1.79. The van der Waals surface area contributed by atoms with Gasteiger partial charge in [-0.1, -0.05) is 33.8 Å². The van der Waals surface area contributed by atoms with Crippen LogP contribution in [0.3, 0.4) is 0 Å². The van der Waals surface area contributed by atoms with Gasteiger partial charge in [0.2, 0.25) is 0 Å². The lowest BCUT2D eigenvalue weighted by Gasteiger charge is -2.10. The fraction of sp³-hybridized carbons (Fsp3) is 0.562. The highest BCUT2D eigenvalue weighted by atomic mass is 32.2. The van der Waals surface area contributed by atoms with Crippen molar-refractivity contribution in [1.29, 1.82) is 5.26 Å². The van der Waals surface area contributed by atoms with Crippen molar-refractivity contribution in [2.75, 3.05) is 5.75 Å². The highest BCUT2D eigenvalue weighted by molar-refractivity contribution is 7.99. The molecule has 1 aromatic carbocycles. The van der Waals surface area contributed by atoms with Crippen LogP contribution in [0.1, 0.15) is 45.2 Å². The summed E-state index contributed by atoms with van der Waals surface area (Å²) in [6, 6.07) is 8.99. The van der Waals surface area contributed by atoms with E-state index in [2.05, 4.69) is 51.2 Å². The second kappa shape index (κ2) is 8.24. The summed E-state index contributed by atoms with van der Waals surface area (Å²) in [5.41, 5.74) is 1.98. The van der Waals surface area contributed by atoms with Gasteiger partial charge in [-0.3, -0.25) is 0 Å². The van der Waals surface area contributed by atoms with Gasteiger partial charge in [-0.05, 0) is 35.8 Å². The average Bonchev–Trinajstić information content (AvgIpc) is 2.36. The van der Waals surface area contributed by atoms with Crippen LogP contribution in [-0.2, 0) is 6.54 Å².